The van der Waals surface area contributed by atoms with Crippen LogP contribution >= 0.6 is 11.6 Å². The Morgan fingerprint density at radius 3 is 2.63 bits per heavy atom. The van der Waals surface area contributed by atoms with Crippen molar-refractivity contribution < 1.29 is 15.0 Å². The van der Waals surface area contributed by atoms with Crippen LogP contribution in [0.2, 0.25) is 5.02 Å². The van der Waals surface area contributed by atoms with E-state index >= 15 is 0 Å². The number of aromatic hydroxyl groups is 2. The molecule has 0 saturated carbocycles. The van der Waals surface area contributed by atoms with Gasteiger partial charge in [0, 0.05) is 17.0 Å². The predicted molar refractivity (Wildman–Crippen MR) is 105 cm³/mol. The number of azo groups is 1. The Labute approximate surface area is 161 Å². The van der Waals surface area contributed by atoms with Crippen LogP contribution in [-0.4, -0.2) is 20.7 Å². The predicted octanol–water partition coefficient (Wildman–Crippen LogP) is 5.68. The van der Waals surface area contributed by atoms with Gasteiger partial charge in [-0.3, -0.25) is 4.79 Å². The van der Waals surface area contributed by atoms with Gasteiger partial charge in [0.2, 0.25) is 5.88 Å². The van der Waals surface area contributed by atoms with Crippen molar-refractivity contribution in [1.29, 1.82) is 0 Å². The summed E-state index contributed by atoms with van der Waals surface area (Å²) in [5.41, 5.74) is 0.990. The molecule has 0 fully saturated rings. The van der Waals surface area contributed by atoms with Gasteiger partial charge in [0.25, 0.3) is 5.91 Å². The van der Waals surface area contributed by atoms with E-state index in [1.54, 1.807) is 28.8 Å². The number of hydrogen-bond donors (Lipinski definition) is 2. The first-order valence-electron chi connectivity index (χ1n) is 8.63. The average Bonchev–Trinajstić information content (AvgIpc) is 2.88. The van der Waals surface area contributed by atoms with E-state index in [4.69, 9.17) is 11.6 Å². The van der Waals surface area contributed by atoms with Gasteiger partial charge in [-0.2, -0.15) is 0 Å². The molecular weight excluding hydrogens is 366 g/mol. The molecule has 1 heterocycles. The molecule has 0 unspecified atom stereocenters. The lowest BCUT2D eigenvalue weighted by Gasteiger charge is -2.08. The average molecular weight is 386 g/mol. The van der Waals surface area contributed by atoms with Crippen LogP contribution in [0, 0.1) is 5.92 Å². The number of rotatable bonds is 5. The minimum Gasteiger partial charge on any atom is -0.507 e. The molecule has 0 radical (unpaired) electrons. The van der Waals surface area contributed by atoms with Gasteiger partial charge < -0.3 is 14.8 Å². The summed E-state index contributed by atoms with van der Waals surface area (Å²) in [6.07, 6.45) is 0.868. The van der Waals surface area contributed by atoms with Gasteiger partial charge in [-0.1, -0.05) is 37.6 Å². The number of aryl methyl sites for hydroxylation is 1. The lowest BCUT2D eigenvalue weighted by Crippen LogP contribution is -2.00. The highest BCUT2D eigenvalue weighted by Crippen LogP contribution is 2.40. The van der Waals surface area contributed by atoms with E-state index in [9.17, 15) is 15.0 Å². The van der Waals surface area contributed by atoms with Crippen LogP contribution in [0.4, 0.5) is 5.69 Å². The van der Waals surface area contributed by atoms with Crippen molar-refractivity contribution in [3.05, 3.63) is 53.1 Å². The summed E-state index contributed by atoms with van der Waals surface area (Å²) in [5.74, 6) is -0.478. The quantitative estimate of drug-likeness (QED) is 0.554. The number of phenolic OH excluding ortho intramolecular Hbond substituents is 1. The molecule has 7 heteroatoms. The number of phenols is 1. The number of carbonyl (C=O) groups excluding carboxylic acids is 1. The molecule has 0 aliphatic heterocycles. The second-order valence-electron chi connectivity index (χ2n) is 6.69. The van der Waals surface area contributed by atoms with Gasteiger partial charge in [-0.15, -0.1) is 10.2 Å². The summed E-state index contributed by atoms with van der Waals surface area (Å²) < 4.78 is 1.74. The molecule has 2 N–H and O–H groups in total. The van der Waals surface area contributed by atoms with Crippen molar-refractivity contribution in [2.75, 3.05) is 0 Å². The number of benzene rings is 2. The van der Waals surface area contributed by atoms with Crippen molar-refractivity contribution in [3.63, 3.8) is 0 Å². The summed E-state index contributed by atoms with van der Waals surface area (Å²) in [6, 6.07) is 11.3. The van der Waals surface area contributed by atoms with E-state index in [0.717, 1.165) is 11.9 Å². The molecule has 1 amide bonds. The van der Waals surface area contributed by atoms with Crippen LogP contribution in [0.15, 0.2) is 52.7 Å². The summed E-state index contributed by atoms with van der Waals surface area (Å²) in [6.45, 7) is 4.81. The zero-order valence-electron chi connectivity index (χ0n) is 15.1. The van der Waals surface area contributed by atoms with Crippen molar-refractivity contribution in [2.24, 2.45) is 16.1 Å². The molecule has 1 aromatic heterocycles. The highest BCUT2D eigenvalue weighted by Gasteiger charge is 2.18. The van der Waals surface area contributed by atoms with Gasteiger partial charge in [-0.05, 0) is 42.7 Å². The number of carbonyl (C=O) groups is 1. The van der Waals surface area contributed by atoms with E-state index in [1.807, 2.05) is 6.07 Å². The molecule has 0 atom stereocenters. The number of amides is 1. The zero-order valence-corrected chi connectivity index (χ0v) is 15.8. The Kier molecular flexibility index (Phi) is 5.46. The number of nitrogens with zero attached hydrogens (tertiary/aromatic N) is 3. The Balaban J connectivity index is 2.03. The monoisotopic (exact) mass is 385 g/mol. The molecule has 0 spiro atoms. The number of para-hydroxylation sites is 1. The maximum absolute atomic E-state index is 12.2. The molecule has 3 rings (SSSR count). The van der Waals surface area contributed by atoms with Gasteiger partial charge in [-0.25, -0.2) is 0 Å². The first-order valence-corrected chi connectivity index (χ1v) is 9.01. The second kappa shape index (κ2) is 7.80. The first-order chi connectivity index (χ1) is 12.9. The molecule has 0 saturated heterocycles. The fraction of sp³-hybridized carbons (Fsp3) is 0.250. The van der Waals surface area contributed by atoms with Gasteiger partial charge in [0.1, 0.15) is 5.75 Å². The standard InChI is InChI=1S/C20H20ClN3O3/c1-12(2)9-10-24-16-8-7-13(21)11-15(16)18(20(24)27)22-23-19(26)14-5-3-4-6-17(14)25/h3-8,11-12,25,27H,9-10H2,1-2H3. The summed E-state index contributed by atoms with van der Waals surface area (Å²) in [4.78, 5) is 12.2. The van der Waals surface area contributed by atoms with Crippen molar-refractivity contribution >= 4 is 34.1 Å². The lowest BCUT2D eigenvalue weighted by molar-refractivity contribution is 0.0992. The molecule has 6 nitrogen and oxygen atoms in total. The minimum atomic E-state index is -0.697. The second-order valence-corrected chi connectivity index (χ2v) is 7.13. The Hall–Kier alpha value is -2.86. The fourth-order valence-electron chi connectivity index (χ4n) is 2.81. The van der Waals surface area contributed by atoms with Crippen LogP contribution in [0.1, 0.15) is 30.6 Å². The number of hydrogen-bond acceptors (Lipinski definition) is 4. The summed E-state index contributed by atoms with van der Waals surface area (Å²) in [7, 11) is 0. The van der Waals surface area contributed by atoms with E-state index in [-0.39, 0.29) is 22.9 Å². The molecule has 3 aromatic rings. The summed E-state index contributed by atoms with van der Waals surface area (Å²) in [5, 5.41) is 29.2. The number of halogens is 1. The SMILES string of the molecule is CC(C)CCn1c(O)c(N=NC(=O)c2ccccc2O)c2cc(Cl)ccc21. The summed E-state index contributed by atoms with van der Waals surface area (Å²) >= 11 is 6.10. The van der Waals surface area contributed by atoms with Crippen LogP contribution in [0.25, 0.3) is 10.9 Å². The van der Waals surface area contributed by atoms with E-state index in [2.05, 4.69) is 24.1 Å². The minimum absolute atomic E-state index is 0.0438. The van der Waals surface area contributed by atoms with Crippen LogP contribution in [0.3, 0.4) is 0 Å². The number of fused-ring (bicyclic) bond motifs is 1. The third kappa shape index (κ3) is 3.95. The molecule has 0 bridgehead atoms. The van der Waals surface area contributed by atoms with Gasteiger partial charge in [0.15, 0.2) is 5.69 Å². The lowest BCUT2D eigenvalue weighted by atomic mass is 10.1. The maximum atomic E-state index is 12.2. The Morgan fingerprint density at radius 2 is 1.93 bits per heavy atom. The van der Waals surface area contributed by atoms with Crippen LogP contribution in [-0.2, 0) is 6.54 Å². The highest BCUT2D eigenvalue weighted by molar-refractivity contribution is 6.31. The zero-order chi connectivity index (χ0) is 19.6. The van der Waals surface area contributed by atoms with Gasteiger partial charge in [0.05, 0.1) is 11.1 Å². The van der Waals surface area contributed by atoms with Crippen molar-refractivity contribution in [3.8, 4) is 11.6 Å². The third-order valence-corrected chi connectivity index (χ3v) is 4.51. The van der Waals surface area contributed by atoms with E-state index in [1.165, 1.54) is 12.1 Å². The maximum Gasteiger partial charge on any atom is 0.299 e. The van der Waals surface area contributed by atoms with E-state index in [0.29, 0.717) is 22.9 Å². The molecule has 2 aromatic carbocycles. The molecule has 140 valence electrons. The Morgan fingerprint density at radius 1 is 1.19 bits per heavy atom. The topological polar surface area (TPSA) is 87.2 Å². The van der Waals surface area contributed by atoms with E-state index < -0.39 is 5.91 Å². The molecular formula is C20H20ClN3O3. The van der Waals surface area contributed by atoms with Crippen LogP contribution < -0.4 is 0 Å². The third-order valence-electron chi connectivity index (χ3n) is 4.28. The van der Waals surface area contributed by atoms with Crippen LogP contribution in [0.5, 0.6) is 11.6 Å². The first kappa shape index (κ1) is 18.9. The van der Waals surface area contributed by atoms with Gasteiger partial charge >= 0.3 is 0 Å². The smallest absolute Gasteiger partial charge is 0.299 e. The highest BCUT2D eigenvalue weighted by atomic mass is 35.5. The molecule has 27 heavy (non-hydrogen) atoms. The number of aromatic nitrogens is 1. The fourth-order valence-corrected chi connectivity index (χ4v) is 2.98. The normalized spacial score (nSPS) is 11.7. The van der Waals surface area contributed by atoms with Crippen molar-refractivity contribution in [1.82, 2.24) is 4.57 Å². The largest absolute Gasteiger partial charge is 0.507 e. The Bertz CT molecular complexity index is 1020. The van der Waals surface area contributed by atoms with Crippen molar-refractivity contribution in [2.45, 2.75) is 26.8 Å². The molecule has 0 aliphatic rings. The molecule has 0 aliphatic carbocycles.